The Kier molecular flexibility index (Phi) is 4.71. The van der Waals surface area contributed by atoms with Crippen LogP contribution in [0.15, 0.2) is 22.8 Å². The molecule has 0 spiro atoms. The second kappa shape index (κ2) is 6.18. The molecule has 7 heteroatoms. The Hall–Kier alpha value is -0.703. The molecule has 2 aliphatic heterocycles. The van der Waals surface area contributed by atoms with Crippen LogP contribution in [-0.4, -0.2) is 43.8 Å². The van der Waals surface area contributed by atoms with E-state index in [1.807, 2.05) is 26.0 Å². The van der Waals surface area contributed by atoms with Crippen molar-refractivity contribution in [2.75, 3.05) is 0 Å². The van der Waals surface area contributed by atoms with Gasteiger partial charge in [-0.25, -0.2) is 0 Å². The number of hydrogen-bond donors (Lipinski definition) is 1. The predicted octanol–water partition coefficient (Wildman–Crippen LogP) is 3.58. The summed E-state index contributed by atoms with van der Waals surface area (Å²) in [5, 5.41) is 10.8. The van der Waals surface area contributed by atoms with Crippen molar-refractivity contribution < 1.29 is 28.2 Å². The van der Waals surface area contributed by atoms with Crippen molar-refractivity contribution in [2.24, 2.45) is 0 Å². The number of rotatable bonds is 4. The largest absolute Gasteiger partial charge is 0.467 e. The lowest BCUT2D eigenvalue weighted by Gasteiger charge is -2.40. The van der Waals surface area contributed by atoms with Crippen LogP contribution < -0.4 is 0 Å². The van der Waals surface area contributed by atoms with Crippen molar-refractivity contribution in [1.82, 2.24) is 0 Å². The Morgan fingerprint density at radius 2 is 1.92 bits per heavy atom. The minimum atomic E-state index is -2.12. The van der Waals surface area contributed by atoms with E-state index in [9.17, 15) is 5.11 Å². The molecule has 0 bridgehead atoms. The molecule has 0 aromatic carbocycles. The van der Waals surface area contributed by atoms with Gasteiger partial charge in [-0.3, -0.25) is 0 Å². The molecule has 2 fully saturated rings. The molecule has 0 saturated carbocycles. The molecule has 2 saturated heterocycles. The van der Waals surface area contributed by atoms with Gasteiger partial charge < -0.3 is 28.2 Å². The number of fused-ring (bicyclic) bond motifs is 1. The van der Waals surface area contributed by atoms with E-state index in [4.69, 9.17) is 23.1 Å². The summed E-state index contributed by atoms with van der Waals surface area (Å²) in [6.07, 6.45) is -1.49. The first-order valence-electron chi connectivity index (χ1n) is 8.82. The first-order chi connectivity index (χ1) is 11.4. The Morgan fingerprint density at radius 3 is 2.44 bits per heavy atom. The molecule has 142 valence electrons. The zero-order valence-corrected chi connectivity index (χ0v) is 17.1. The molecule has 0 radical (unpaired) electrons. The fraction of sp³-hybridized carbons (Fsp3) is 0.778. The highest BCUT2D eigenvalue weighted by Gasteiger charge is 2.57. The number of aliphatic hydroxyl groups is 1. The average molecular weight is 371 g/mol. The molecule has 3 rings (SSSR count). The van der Waals surface area contributed by atoms with E-state index >= 15 is 0 Å². The van der Waals surface area contributed by atoms with Crippen LogP contribution in [0.2, 0.25) is 18.1 Å². The maximum absolute atomic E-state index is 10.8. The van der Waals surface area contributed by atoms with Crippen molar-refractivity contribution in [2.45, 2.75) is 89.2 Å². The van der Waals surface area contributed by atoms with Gasteiger partial charge >= 0.3 is 0 Å². The molecule has 3 heterocycles. The second-order valence-corrected chi connectivity index (χ2v) is 13.6. The van der Waals surface area contributed by atoms with Crippen LogP contribution in [0.25, 0.3) is 0 Å². The summed E-state index contributed by atoms with van der Waals surface area (Å²) in [7, 11) is -2.12. The van der Waals surface area contributed by atoms with Gasteiger partial charge in [0.1, 0.15) is 30.2 Å². The van der Waals surface area contributed by atoms with E-state index in [0.717, 1.165) is 0 Å². The summed E-state index contributed by atoms with van der Waals surface area (Å²) in [6, 6.07) is 3.67. The lowest BCUT2D eigenvalue weighted by Crippen LogP contribution is -2.46. The van der Waals surface area contributed by atoms with Crippen molar-refractivity contribution in [3.63, 3.8) is 0 Å². The molecular weight excluding hydrogens is 340 g/mol. The fourth-order valence-corrected chi connectivity index (χ4v) is 4.24. The Morgan fingerprint density at radius 1 is 1.24 bits per heavy atom. The smallest absolute Gasteiger partial charge is 0.193 e. The van der Waals surface area contributed by atoms with Crippen LogP contribution >= 0.6 is 0 Å². The zero-order valence-electron chi connectivity index (χ0n) is 16.1. The summed E-state index contributed by atoms with van der Waals surface area (Å²) in [4.78, 5) is 0. The van der Waals surface area contributed by atoms with Crippen LogP contribution in [0.1, 0.15) is 46.5 Å². The second-order valence-electron chi connectivity index (χ2n) is 8.87. The van der Waals surface area contributed by atoms with Crippen LogP contribution in [0.3, 0.4) is 0 Å². The maximum atomic E-state index is 10.8. The zero-order chi connectivity index (χ0) is 18.6. The Balaban J connectivity index is 1.85. The number of furan rings is 1. The maximum Gasteiger partial charge on any atom is 0.193 e. The molecule has 6 nitrogen and oxygen atoms in total. The number of ether oxygens (including phenoxy) is 3. The SMILES string of the molecule is CC1(C)O[C@H]2O[C@H]([C@H](O[Si](C)(C)C(C)(C)C)c3ccco3)[C@H](O)[C@H]2O1. The standard InChI is InChI=1S/C18H30O6Si/c1-17(2,3)25(6,7)24-13(11-9-8-10-20-11)14-12(19)15-16(21-14)23-18(4,5)22-15/h8-10,12-16,19H,1-7H3/t12-,13+,14-,15+,16+/m0/s1. The number of aliphatic hydroxyl groups excluding tert-OH is 1. The Labute approximate surface area is 150 Å². The highest BCUT2D eigenvalue weighted by atomic mass is 28.4. The normalized spacial score (nSPS) is 33.4. The predicted molar refractivity (Wildman–Crippen MR) is 94.4 cm³/mol. The molecule has 25 heavy (non-hydrogen) atoms. The molecule has 0 amide bonds. The van der Waals surface area contributed by atoms with Crippen molar-refractivity contribution in [3.8, 4) is 0 Å². The van der Waals surface area contributed by atoms with Crippen LogP contribution in [0.5, 0.6) is 0 Å². The molecule has 1 aromatic rings. The summed E-state index contributed by atoms with van der Waals surface area (Å²) in [5.41, 5.74) is 0. The van der Waals surface area contributed by atoms with E-state index in [-0.39, 0.29) is 5.04 Å². The van der Waals surface area contributed by atoms with E-state index < -0.39 is 44.8 Å². The third-order valence-electron chi connectivity index (χ3n) is 5.40. The third kappa shape index (κ3) is 3.58. The highest BCUT2D eigenvalue weighted by Crippen LogP contribution is 2.46. The summed E-state index contributed by atoms with van der Waals surface area (Å²) in [6.45, 7) is 14.5. The third-order valence-corrected chi connectivity index (χ3v) is 9.86. The quantitative estimate of drug-likeness (QED) is 0.817. The van der Waals surface area contributed by atoms with Crippen LogP contribution in [0.4, 0.5) is 0 Å². The van der Waals surface area contributed by atoms with Crippen molar-refractivity contribution in [1.29, 1.82) is 0 Å². The monoisotopic (exact) mass is 370 g/mol. The van der Waals surface area contributed by atoms with Gasteiger partial charge in [0, 0.05) is 0 Å². The molecular formula is C18H30O6Si. The van der Waals surface area contributed by atoms with Gasteiger partial charge in [0.2, 0.25) is 0 Å². The van der Waals surface area contributed by atoms with Gasteiger partial charge in [-0.05, 0) is 44.1 Å². The average Bonchev–Trinajstić information content (AvgIpc) is 3.13. The van der Waals surface area contributed by atoms with E-state index in [0.29, 0.717) is 5.76 Å². The van der Waals surface area contributed by atoms with Gasteiger partial charge in [-0.2, -0.15) is 0 Å². The lowest BCUT2D eigenvalue weighted by atomic mass is 10.0. The van der Waals surface area contributed by atoms with Gasteiger partial charge in [0.15, 0.2) is 20.4 Å². The molecule has 0 unspecified atom stereocenters. The van der Waals surface area contributed by atoms with Gasteiger partial charge in [0.05, 0.1) is 6.26 Å². The van der Waals surface area contributed by atoms with Gasteiger partial charge in [-0.1, -0.05) is 20.8 Å². The number of hydrogen-bond acceptors (Lipinski definition) is 6. The summed E-state index contributed by atoms with van der Waals surface area (Å²) in [5.74, 6) is -0.116. The van der Waals surface area contributed by atoms with E-state index in [1.165, 1.54) is 0 Å². The summed E-state index contributed by atoms with van der Waals surface area (Å²) >= 11 is 0. The molecule has 1 N–H and O–H groups in total. The minimum Gasteiger partial charge on any atom is -0.467 e. The topological polar surface area (TPSA) is 70.3 Å². The first-order valence-corrected chi connectivity index (χ1v) is 11.7. The highest BCUT2D eigenvalue weighted by molar-refractivity contribution is 6.74. The van der Waals surface area contributed by atoms with Crippen molar-refractivity contribution in [3.05, 3.63) is 24.2 Å². The molecule has 2 aliphatic rings. The van der Waals surface area contributed by atoms with E-state index in [2.05, 4.69) is 33.9 Å². The molecule has 0 aliphatic carbocycles. The first kappa shape index (κ1) is 19.1. The van der Waals surface area contributed by atoms with E-state index in [1.54, 1.807) is 6.26 Å². The fourth-order valence-electron chi connectivity index (χ4n) is 3.00. The molecule has 1 aromatic heterocycles. The van der Waals surface area contributed by atoms with Gasteiger partial charge in [-0.15, -0.1) is 0 Å². The van der Waals surface area contributed by atoms with Crippen LogP contribution in [-0.2, 0) is 18.6 Å². The Bertz CT molecular complexity index is 591. The van der Waals surface area contributed by atoms with Crippen molar-refractivity contribution >= 4 is 8.32 Å². The minimum absolute atomic E-state index is 0.0201. The summed E-state index contributed by atoms with van der Waals surface area (Å²) < 4.78 is 29.8. The van der Waals surface area contributed by atoms with Crippen LogP contribution in [0, 0.1) is 0 Å². The molecule has 5 atom stereocenters. The van der Waals surface area contributed by atoms with Gasteiger partial charge in [0.25, 0.3) is 0 Å². The lowest BCUT2D eigenvalue weighted by molar-refractivity contribution is -0.226.